The maximum Gasteiger partial charge on any atom is 0.314 e. The van der Waals surface area contributed by atoms with Crippen molar-refractivity contribution in [2.45, 2.75) is 19.8 Å². The van der Waals surface area contributed by atoms with Crippen LogP contribution in [0.2, 0.25) is 0 Å². The number of Topliss-reactive ketones (excluding diaryl/α,β-unsaturated/α-hetero) is 1. The molecule has 3 rings (SSSR count). The Morgan fingerprint density at radius 1 is 1.23 bits per heavy atom. The number of carboxylic acid groups (broad SMARTS) is 1. The molecule has 0 amide bonds. The molecule has 26 heavy (non-hydrogen) atoms. The molecule has 134 valence electrons. The number of hydrogen-bond acceptors (Lipinski definition) is 5. The molecule has 0 aliphatic heterocycles. The van der Waals surface area contributed by atoms with Crippen molar-refractivity contribution in [3.8, 4) is 11.5 Å². The Balaban J connectivity index is 1.75. The quantitative estimate of drug-likeness (QED) is 0.419. The Kier molecular flexibility index (Phi) is 5.68. The molecule has 3 aromatic rings. The van der Waals surface area contributed by atoms with Gasteiger partial charge in [0.15, 0.2) is 5.78 Å². The van der Waals surface area contributed by atoms with Gasteiger partial charge in [-0.15, -0.1) is 11.3 Å². The standard InChI is InChI=1S/C19H16BrNO4S/c1-11-14(21-18(25-11)12-5-3-2-4-6-12)8-7-13(19(23)24)17(22)15-9-10-16(20)26-15/h2-6,9-10,13H,7-8H2,1H3,(H,23,24)/t13-/m1/s1. The summed E-state index contributed by atoms with van der Waals surface area (Å²) in [6.07, 6.45) is 0.530. The second-order valence-corrected chi connectivity index (χ2v) is 8.25. The minimum absolute atomic E-state index is 0.172. The van der Waals surface area contributed by atoms with E-state index in [-0.39, 0.29) is 12.2 Å². The first kappa shape index (κ1) is 18.5. The molecule has 0 aliphatic rings. The van der Waals surface area contributed by atoms with Gasteiger partial charge in [0.05, 0.1) is 14.4 Å². The third-order valence-electron chi connectivity index (χ3n) is 4.01. The molecular formula is C19H16BrNO4S. The topological polar surface area (TPSA) is 80.4 Å². The van der Waals surface area contributed by atoms with Gasteiger partial charge in [-0.3, -0.25) is 9.59 Å². The normalized spacial score (nSPS) is 12.1. The first-order valence-corrected chi connectivity index (χ1v) is 9.60. The monoisotopic (exact) mass is 433 g/mol. The SMILES string of the molecule is Cc1oc(-c2ccccc2)nc1CC[C@@H](C(=O)O)C(=O)c1ccc(Br)s1. The van der Waals surface area contributed by atoms with Crippen LogP contribution in [0, 0.1) is 12.8 Å². The Bertz CT molecular complexity index is 932. The fourth-order valence-corrected chi connectivity index (χ4v) is 4.01. The van der Waals surface area contributed by atoms with Crippen LogP contribution in [-0.2, 0) is 11.2 Å². The zero-order valence-electron chi connectivity index (χ0n) is 13.9. The van der Waals surface area contributed by atoms with E-state index in [1.807, 2.05) is 30.3 Å². The van der Waals surface area contributed by atoms with Crippen molar-refractivity contribution in [1.29, 1.82) is 0 Å². The summed E-state index contributed by atoms with van der Waals surface area (Å²) in [4.78, 5) is 29.0. The maximum absolute atomic E-state index is 12.5. The van der Waals surface area contributed by atoms with Crippen LogP contribution in [0.1, 0.15) is 27.5 Å². The maximum atomic E-state index is 12.5. The summed E-state index contributed by atoms with van der Waals surface area (Å²) in [6, 6.07) is 12.9. The van der Waals surface area contributed by atoms with Crippen molar-refractivity contribution in [1.82, 2.24) is 4.98 Å². The molecule has 0 aliphatic carbocycles. The van der Waals surface area contributed by atoms with Crippen LogP contribution >= 0.6 is 27.3 Å². The van der Waals surface area contributed by atoms with Crippen molar-refractivity contribution < 1.29 is 19.1 Å². The number of oxazole rings is 1. The Labute approximate surface area is 162 Å². The Morgan fingerprint density at radius 2 is 1.96 bits per heavy atom. The number of aromatic nitrogens is 1. The van der Waals surface area contributed by atoms with Gasteiger partial charge >= 0.3 is 5.97 Å². The van der Waals surface area contributed by atoms with E-state index in [1.165, 1.54) is 11.3 Å². The largest absolute Gasteiger partial charge is 0.481 e. The van der Waals surface area contributed by atoms with Gasteiger partial charge in [0.25, 0.3) is 0 Å². The Morgan fingerprint density at radius 3 is 2.58 bits per heavy atom. The molecule has 5 nitrogen and oxygen atoms in total. The fraction of sp³-hybridized carbons (Fsp3) is 0.211. The van der Waals surface area contributed by atoms with Crippen LogP contribution in [0.25, 0.3) is 11.5 Å². The Hall–Kier alpha value is -2.25. The minimum atomic E-state index is -1.12. The van der Waals surface area contributed by atoms with Crippen molar-refractivity contribution in [3.05, 3.63) is 62.6 Å². The van der Waals surface area contributed by atoms with E-state index < -0.39 is 11.9 Å². The van der Waals surface area contributed by atoms with E-state index in [1.54, 1.807) is 19.1 Å². The highest BCUT2D eigenvalue weighted by Crippen LogP contribution is 2.27. The molecule has 1 atom stereocenters. The lowest BCUT2D eigenvalue weighted by molar-refractivity contribution is -0.140. The number of halogens is 1. The number of aryl methyl sites for hydroxylation is 2. The third-order valence-corrected chi connectivity index (χ3v) is 5.65. The molecule has 7 heteroatoms. The number of benzene rings is 1. The van der Waals surface area contributed by atoms with E-state index in [0.29, 0.717) is 28.6 Å². The highest BCUT2D eigenvalue weighted by molar-refractivity contribution is 9.11. The molecule has 0 unspecified atom stereocenters. The number of ketones is 1. The summed E-state index contributed by atoms with van der Waals surface area (Å²) in [5.41, 5.74) is 1.53. The molecule has 2 aromatic heterocycles. The number of carbonyl (C=O) groups is 2. The molecule has 2 heterocycles. The summed E-state index contributed by atoms with van der Waals surface area (Å²) < 4.78 is 6.49. The number of hydrogen-bond donors (Lipinski definition) is 1. The van der Waals surface area contributed by atoms with E-state index in [0.717, 1.165) is 9.35 Å². The molecule has 1 N–H and O–H groups in total. The summed E-state index contributed by atoms with van der Waals surface area (Å²) in [7, 11) is 0. The van der Waals surface area contributed by atoms with Gasteiger partial charge in [0.1, 0.15) is 11.7 Å². The first-order chi connectivity index (χ1) is 12.5. The van der Waals surface area contributed by atoms with Crippen LogP contribution in [-0.4, -0.2) is 21.8 Å². The average molecular weight is 434 g/mol. The molecule has 0 spiro atoms. The second-order valence-electron chi connectivity index (χ2n) is 5.79. The van der Waals surface area contributed by atoms with E-state index in [9.17, 15) is 14.7 Å². The zero-order chi connectivity index (χ0) is 18.7. The van der Waals surface area contributed by atoms with Crippen LogP contribution in [0.4, 0.5) is 0 Å². The van der Waals surface area contributed by atoms with Gasteiger partial charge in [-0.1, -0.05) is 18.2 Å². The number of carboxylic acids is 1. The third kappa shape index (κ3) is 4.11. The van der Waals surface area contributed by atoms with Crippen LogP contribution in [0.3, 0.4) is 0 Å². The predicted octanol–water partition coefficient (Wildman–Crippen LogP) is 4.99. The van der Waals surface area contributed by atoms with Crippen molar-refractivity contribution in [2.24, 2.45) is 5.92 Å². The van der Waals surface area contributed by atoms with Gasteiger partial charge in [-0.2, -0.15) is 0 Å². The highest BCUT2D eigenvalue weighted by atomic mass is 79.9. The predicted molar refractivity (Wildman–Crippen MR) is 102 cm³/mol. The summed E-state index contributed by atoms with van der Waals surface area (Å²) in [5.74, 6) is -1.46. The lowest BCUT2D eigenvalue weighted by atomic mass is 9.96. The van der Waals surface area contributed by atoms with Crippen LogP contribution in [0.15, 0.2) is 50.7 Å². The van der Waals surface area contributed by atoms with Crippen LogP contribution in [0.5, 0.6) is 0 Å². The lowest BCUT2D eigenvalue weighted by Gasteiger charge is -2.09. The van der Waals surface area contributed by atoms with Gasteiger partial charge in [0.2, 0.25) is 5.89 Å². The van der Waals surface area contributed by atoms with Crippen molar-refractivity contribution >= 4 is 39.0 Å². The number of aliphatic carboxylic acids is 1. The lowest BCUT2D eigenvalue weighted by Crippen LogP contribution is -2.24. The number of rotatable bonds is 7. The molecule has 1 aromatic carbocycles. The van der Waals surface area contributed by atoms with Crippen LogP contribution < -0.4 is 0 Å². The van der Waals surface area contributed by atoms with E-state index >= 15 is 0 Å². The second kappa shape index (κ2) is 7.97. The number of carbonyl (C=O) groups excluding carboxylic acids is 1. The number of nitrogens with zero attached hydrogens (tertiary/aromatic N) is 1. The molecule has 0 saturated heterocycles. The molecular weight excluding hydrogens is 418 g/mol. The first-order valence-electron chi connectivity index (χ1n) is 8.00. The molecule has 0 fully saturated rings. The summed E-state index contributed by atoms with van der Waals surface area (Å²) >= 11 is 4.53. The van der Waals surface area contributed by atoms with Gasteiger partial charge in [0, 0.05) is 5.56 Å². The number of thiophene rings is 1. The fourth-order valence-electron chi connectivity index (χ4n) is 2.63. The zero-order valence-corrected chi connectivity index (χ0v) is 16.3. The van der Waals surface area contributed by atoms with Gasteiger partial charge in [-0.05, 0) is 60.0 Å². The van der Waals surface area contributed by atoms with Crippen molar-refractivity contribution in [3.63, 3.8) is 0 Å². The minimum Gasteiger partial charge on any atom is -0.481 e. The van der Waals surface area contributed by atoms with E-state index in [2.05, 4.69) is 20.9 Å². The highest BCUT2D eigenvalue weighted by Gasteiger charge is 2.29. The molecule has 0 bridgehead atoms. The molecule has 0 radical (unpaired) electrons. The van der Waals surface area contributed by atoms with Gasteiger partial charge < -0.3 is 9.52 Å². The summed E-state index contributed by atoms with van der Waals surface area (Å²) in [5, 5.41) is 9.47. The summed E-state index contributed by atoms with van der Waals surface area (Å²) in [6.45, 7) is 1.79. The van der Waals surface area contributed by atoms with Crippen molar-refractivity contribution in [2.75, 3.05) is 0 Å². The average Bonchev–Trinajstić information content (AvgIpc) is 3.21. The van der Waals surface area contributed by atoms with E-state index in [4.69, 9.17) is 4.42 Å². The van der Waals surface area contributed by atoms with Gasteiger partial charge in [-0.25, -0.2) is 4.98 Å². The molecule has 0 saturated carbocycles. The smallest absolute Gasteiger partial charge is 0.314 e.